The van der Waals surface area contributed by atoms with Crippen LogP contribution in [0.3, 0.4) is 0 Å². The maximum absolute atomic E-state index is 12.0. The van der Waals surface area contributed by atoms with Gasteiger partial charge >= 0.3 is 11.9 Å². The Morgan fingerprint density at radius 2 is 2.11 bits per heavy atom. The normalized spacial score (nSPS) is 22.5. The lowest BCUT2D eigenvalue weighted by atomic mass is 10.1. The Hall–Kier alpha value is -2.10. The number of carbonyl (C=O) groups excluding carboxylic acids is 2. The minimum absolute atomic E-state index is 0.330. The molecule has 1 aromatic rings. The summed E-state index contributed by atoms with van der Waals surface area (Å²) in [7, 11) is 0. The van der Waals surface area contributed by atoms with Crippen LogP contribution in [0.1, 0.15) is 42.1 Å². The maximum Gasteiger partial charge on any atom is 0.341 e. The topological polar surface area (TPSA) is 52.6 Å². The van der Waals surface area contributed by atoms with E-state index >= 15 is 0 Å². The van der Waals surface area contributed by atoms with E-state index in [9.17, 15) is 9.59 Å². The predicted octanol–water partition coefficient (Wildman–Crippen LogP) is 2.93. The van der Waals surface area contributed by atoms with Crippen LogP contribution in [0, 0.1) is 0 Å². The van der Waals surface area contributed by atoms with Gasteiger partial charge in [-0.3, -0.25) is 4.79 Å². The van der Waals surface area contributed by atoms with E-state index in [1.54, 1.807) is 37.3 Å². The Morgan fingerprint density at radius 1 is 1.42 bits per heavy atom. The molecule has 1 fully saturated rings. The fraction of sp³-hybridized carbons (Fsp3) is 0.333. The van der Waals surface area contributed by atoms with Crippen LogP contribution < -0.4 is 0 Å². The Balaban J connectivity index is 2.07. The number of esters is 2. The summed E-state index contributed by atoms with van der Waals surface area (Å²) < 4.78 is 10.4. The second-order valence-corrected chi connectivity index (χ2v) is 4.68. The molecular weight excluding hydrogens is 244 g/mol. The SMILES string of the molecule is C=Cc1ccc(C(=O)OC2(C)CCCC(=O)O2)cc1. The molecule has 0 aliphatic carbocycles. The molecule has 4 heteroatoms. The molecule has 0 amide bonds. The lowest BCUT2D eigenvalue weighted by Crippen LogP contribution is -2.40. The Morgan fingerprint density at radius 3 is 2.68 bits per heavy atom. The number of hydrogen-bond donors (Lipinski definition) is 0. The molecule has 2 rings (SSSR count). The van der Waals surface area contributed by atoms with Gasteiger partial charge in [0.05, 0.1) is 5.56 Å². The van der Waals surface area contributed by atoms with Crippen molar-refractivity contribution >= 4 is 18.0 Å². The van der Waals surface area contributed by atoms with Crippen molar-refractivity contribution in [2.24, 2.45) is 0 Å². The van der Waals surface area contributed by atoms with Crippen LogP contribution in [-0.2, 0) is 14.3 Å². The molecule has 1 aliphatic rings. The van der Waals surface area contributed by atoms with Crippen molar-refractivity contribution in [2.75, 3.05) is 0 Å². The largest absolute Gasteiger partial charge is 0.423 e. The third-order valence-corrected chi connectivity index (χ3v) is 3.03. The van der Waals surface area contributed by atoms with Gasteiger partial charge in [-0.1, -0.05) is 24.8 Å². The van der Waals surface area contributed by atoms with Crippen molar-refractivity contribution < 1.29 is 19.1 Å². The van der Waals surface area contributed by atoms with Gasteiger partial charge in [0.25, 0.3) is 5.79 Å². The molecule has 0 aromatic heterocycles. The first kappa shape index (κ1) is 13.3. The van der Waals surface area contributed by atoms with Gasteiger partial charge in [-0.2, -0.15) is 0 Å². The monoisotopic (exact) mass is 260 g/mol. The number of rotatable bonds is 3. The zero-order chi connectivity index (χ0) is 13.9. The summed E-state index contributed by atoms with van der Waals surface area (Å²) in [5, 5.41) is 0. The van der Waals surface area contributed by atoms with E-state index in [0.29, 0.717) is 24.8 Å². The molecule has 4 nitrogen and oxygen atoms in total. The van der Waals surface area contributed by atoms with Crippen LogP contribution in [-0.4, -0.2) is 17.7 Å². The second-order valence-electron chi connectivity index (χ2n) is 4.68. The first-order valence-corrected chi connectivity index (χ1v) is 6.20. The minimum Gasteiger partial charge on any atom is -0.423 e. The van der Waals surface area contributed by atoms with Gasteiger partial charge in [-0.05, 0) is 24.1 Å². The van der Waals surface area contributed by atoms with Crippen molar-refractivity contribution in [3.8, 4) is 0 Å². The summed E-state index contributed by atoms with van der Waals surface area (Å²) in [6, 6.07) is 6.87. The molecule has 0 bridgehead atoms. The second kappa shape index (κ2) is 5.26. The molecular formula is C15H16O4. The lowest BCUT2D eigenvalue weighted by molar-refractivity contribution is -0.214. The van der Waals surface area contributed by atoms with Crippen molar-refractivity contribution in [3.05, 3.63) is 42.0 Å². The molecule has 0 N–H and O–H groups in total. The van der Waals surface area contributed by atoms with E-state index in [-0.39, 0.29) is 5.97 Å². The molecule has 1 atom stereocenters. The molecule has 1 heterocycles. The third-order valence-electron chi connectivity index (χ3n) is 3.03. The van der Waals surface area contributed by atoms with Crippen molar-refractivity contribution in [1.29, 1.82) is 0 Å². The maximum atomic E-state index is 12.0. The number of hydrogen-bond acceptors (Lipinski definition) is 4. The molecule has 1 unspecified atom stereocenters. The van der Waals surface area contributed by atoms with Crippen molar-refractivity contribution in [2.45, 2.75) is 32.0 Å². The molecule has 1 saturated heterocycles. The number of ether oxygens (including phenoxy) is 2. The summed E-state index contributed by atoms with van der Waals surface area (Å²) in [6.45, 7) is 5.26. The van der Waals surface area contributed by atoms with Crippen LogP contribution in [0.2, 0.25) is 0 Å². The fourth-order valence-electron chi connectivity index (χ4n) is 1.98. The van der Waals surface area contributed by atoms with Crippen LogP contribution in [0.5, 0.6) is 0 Å². The van der Waals surface area contributed by atoms with Crippen LogP contribution in [0.4, 0.5) is 0 Å². The number of benzene rings is 1. The van der Waals surface area contributed by atoms with Gasteiger partial charge in [0.2, 0.25) is 0 Å². The first-order valence-electron chi connectivity index (χ1n) is 6.20. The molecule has 1 aromatic carbocycles. The van der Waals surface area contributed by atoms with E-state index in [1.807, 2.05) is 0 Å². The predicted molar refractivity (Wildman–Crippen MR) is 70.3 cm³/mol. The lowest BCUT2D eigenvalue weighted by Gasteiger charge is -2.32. The van der Waals surface area contributed by atoms with Gasteiger partial charge in [0.15, 0.2) is 0 Å². The van der Waals surface area contributed by atoms with Gasteiger partial charge < -0.3 is 9.47 Å². The van der Waals surface area contributed by atoms with E-state index in [1.165, 1.54) is 0 Å². The molecule has 0 spiro atoms. The Kier molecular flexibility index (Phi) is 3.69. The molecule has 0 radical (unpaired) electrons. The Bertz CT molecular complexity index is 503. The summed E-state index contributed by atoms with van der Waals surface area (Å²) in [5.41, 5.74) is 1.35. The fourth-order valence-corrected chi connectivity index (χ4v) is 1.98. The summed E-state index contributed by atoms with van der Waals surface area (Å²) in [4.78, 5) is 23.2. The van der Waals surface area contributed by atoms with Gasteiger partial charge in [0.1, 0.15) is 0 Å². The van der Waals surface area contributed by atoms with E-state index in [0.717, 1.165) is 5.56 Å². The summed E-state index contributed by atoms with van der Waals surface area (Å²) >= 11 is 0. The van der Waals surface area contributed by atoms with Crippen LogP contribution in [0.15, 0.2) is 30.8 Å². The quantitative estimate of drug-likeness (QED) is 0.784. The highest BCUT2D eigenvalue weighted by atomic mass is 16.7. The van der Waals surface area contributed by atoms with Gasteiger partial charge in [-0.15, -0.1) is 0 Å². The first-order chi connectivity index (χ1) is 9.02. The smallest absolute Gasteiger partial charge is 0.341 e. The average molecular weight is 260 g/mol. The highest BCUT2D eigenvalue weighted by Gasteiger charge is 2.36. The highest BCUT2D eigenvalue weighted by molar-refractivity contribution is 5.90. The van der Waals surface area contributed by atoms with Crippen LogP contribution in [0.25, 0.3) is 6.08 Å². The molecule has 19 heavy (non-hydrogen) atoms. The van der Waals surface area contributed by atoms with Crippen molar-refractivity contribution in [3.63, 3.8) is 0 Å². The van der Waals surface area contributed by atoms with E-state index in [2.05, 4.69) is 6.58 Å². The Labute approximate surface area is 112 Å². The molecule has 100 valence electrons. The highest BCUT2D eigenvalue weighted by Crippen LogP contribution is 2.27. The average Bonchev–Trinajstić information content (AvgIpc) is 2.38. The minimum atomic E-state index is -1.15. The van der Waals surface area contributed by atoms with Crippen LogP contribution >= 0.6 is 0 Å². The summed E-state index contributed by atoms with van der Waals surface area (Å²) in [5.74, 6) is -1.97. The van der Waals surface area contributed by atoms with Gasteiger partial charge in [0, 0.05) is 19.8 Å². The van der Waals surface area contributed by atoms with Gasteiger partial charge in [-0.25, -0.2) is 4.79 Å². The zero-order valence-electron chi connectivity index (χ0n) is 10.8. The molecule has 1 aliphatic heterocycles. The molecule has 0 saturated carbocycles. The standard InChI is InChI=1S/C15H16O4/c1-3-11-6-8-12(9-7-11)14(17)19-15(2)10-4-5-13(16)18-15/h3,6-9H,1,4-5,10H2,2H3. The zero-order valence-corrected chi connectivity index (χ0v) is 10.8. The summed E-state index contributed by atoms with van der Waals surface area (Å²) in [6.07, 6.45) is 3.26. The number of carbonyl (C=O) groups is 2. The van der Waals surface area contributed by atoms with E-state index < -0.39 is 11.8 Å². The van der Waals surface area contributed by atoms with Crippen molar-refractivity contribution in [1.82, 2.24) is 0 Å². The third kappa shape index (κ3) is 3.22. The van der Waals surface area contributed by atoms with E-state index in [4.69, 9.17) is 9.47 Å². The number of cyclic esters (lactones) is 1.